The summed E-state index contributed by atoms with van der Waals surface area (Å²) in [6, 6.07) is 9.99. The monoisotopic (exact) mass is 545 g/mol. The number of aromatic nitrogens is 2. The van der Waals surface area contributed by atoms with Gasteiger partial charge in [0.15, 0.2) is 0 Å². The number of carboxylic acid groups (broad SMARTS) is 1. The molecular weight excluding hydrogens is 515 g/mol. The summed E-state index contributed by atoms with van der Waals surface area (Å²) < 4.78 is 60.9. The minimum Gasteiger partial charge on any atom is -0.475 e. The summed E-state index contributed by atoms with van der Waals surface area (Å²) in [5.41, 5.74) is 1.33. The van der Waals surface area contributed by atoms with Crippen LogP contribution < -0.4 is 5.32 Å². The predicted octanol–water partition coefficient (Wildman–Crippen LogP) is 2.87. The molecule has 2 amide bonds. The third-order valence-electron chi connectivity index (χ3n) is 6.28. The molecule has 2 aromatic rings. The number of rotatable bonds is 3. The Morgan fingerprint density at radius 3 is 2.14 bits per heavy atom. The summed E-state index contributed by atoms with van der Waals surface area (Å²) >= 11 is 0. The number of carbonyl (C=O) groups excluding carboxylic acids is 1. The van der Waals surface area contributed by atoms with Crippen molar-refractivity contribution in [2.24, 2.45) is 0 Å². The molecule has 2 aliphatic heterocycles. The van der Waals surface area contributed by atoms with E-state index >= 15 is 0 Å². The molecule has 204 valence electrons. The van der Waals surface area contributed by atoms with Gasteiger partial charge in [-0.3, -0.25) is 0 Å². The van der Waals surface area contributed by atoms with Crippen molar-refractivity contribution in [3.05, 3.63) is 42.4 Å². The van der Waals surface area contributed by atoms with E-state index in [4.69, 9.17) is 14.9 Å². The first-order valence-electron chi connectivity index (χ1n) is 11.6. The number of hydrogen-bond acceptors (Lipinski definition) is 5. The van der Waals surface area contributed by atoms with E-state index in [1.54, 1.807) is 9.21 Å². The molecule has 0 bridgehead atoms. The van der Waals surface area contributed by atoms with Crippen LogP contribution in [-0.2, 0) is 26.9 Å². The van der Waals surface area contributed by atoms with E-state index in [9.17, 15) is 26.4 Å². The largest absolute Gasteiger partial charge is 0.490 e. The number of halogens is 3. The molecule has 1 fully saturated rings. The lowest BCUT2D eigenvalue weighted by molar-refractivity contribution is -0.192. The second-order valence-corrected chi connectivity index (χ2v) is 11.2. The van der Waals surface area contributed by atoms with Crippen molar-refractivity contribution in [1.82, 2.24) is 24.1 Å². The number of imidazole rings is 1. The summed E-state index contributed by atoms with van der Waals surface area (Å²) in [6.45, 7) is 5.79. The van der Waals surface area contributed by atoms with Crippen LogP contribution in [0.2, 0.25) is 0 Å². The van der Waals surface area contributed by atoms with Crippen LogP contribution in [0, 0.1) is 0 Å². The van der Waals surface area contributed by atoms with Gasteiger partial charge in [0, 0.05) is 32.2 Å². The highest BCUT2D eigenvalue weighted by atomic mass is 32.2. The molecule has 0 saturated carbocycles. The van der Waals surface area contributed by atoms with Crippen LogP contribution in [0.4, 0.5) is 18.0 Å². The number of likely N-dealkylation sites (tertiary alicyclic amines) is 1. The molecule has 3 heterocycles. The van der Waals surface area contributed by atoms with Crippen molar-refractivity contribution in [2.45, 2.75) is 51.0 Å². The fraction of sp³-hybridized carbons (Fsp3) is 0.522. The lowest BCUT2D eigenvalue weighted by Gasteiger charge is -2.49. The molecule has 0 aliphatic carbocycles. The molecule has 37 heavy (non-hydrogen) atoms. The Hall–Kier alpha value is -3.13. The Balaban J connectivity index is 0.000000479. The first-order valence-corrected chi connectivity index (χ1v) is 13.5. The van der Waals surface area contributed by atoms with Crippen molar-refractivity contribution < 1.29 is 36.3 Å². The molecule has 4 rings (SSSR count). The Labute approximate surface area is 213 Å². The molecule has 0 radical (unpaired) electrons. The molecular formula is C23H30F3N5O5S. The molecule has 1 aromatic carbocycles. The minimum atomic E-state index is -5.08. The van der Waals surface area contributed by atoms with Crippen LogP contribution in [0.15, 0.2) is 36.5 Å². The average Bonchev–Trinajstić information content (AvgIpc) is 3.24. The van der Waals surface area contributed by atoms with Gasteiger partial charge in [-0.1, -0.05) is 30.3 Å². The Morgan fingerprint density at radius 1 is 1.08 bits per heavy atom. The van der Waals surface area contributed by atoms with Gasteiger partial charge >= 0.3 is 18.2 Å². The normalized spacial score (nSPS) is 17.6. The highest BCUT2D eigenvalue weighted by Crippen LogP contribution is 2.43. The molecule has 2 N–H and O–H groups in total. The number of nitrogens with one attached hydrogen (secondary N) is 1. The van der Waals surface area contributed by atoms with Crippen LogP contribution in [0.3, 0.4) is 0 Å². The summed E-state index contributed by atoms with van der Waals surface area (Å²) in [7, 11) is -3.43. The average molecular weight is 546 g/mol. The van der Waals surface area contributed by atoms with Gasteiger partial charge in [0.25, 0.3) is 0 Å². The van der Waals surface area contributed by atoms with Crippen LogP contribution in [0.1, 0.15) is 32.5 Å². The van der Waals surface area contributed by atoms with Crippen molar-refractivity contribution in [3.63, 3.8) is 0 Å². The second kappa shape index (κ2) is 10.7. The van der Waals surface area contributed by atoms with E-state index < -0.39 is 27.7 Å². The second-order valence-electron chi connectivity index (χ2n) is 9.25. The van der Waals surface area contributed by atoms with E-state index in [2.05, 4.69) is 9.88 Å². The van der Waals surface area contributed by atoms with Gasteiger partial charge in [0.05, 0.1) is 23.7 Å². The minimum absolute atomic E-state index is 0.0583. The summed E-state index contributed by atoms with van der Waals surface area (Å²) in [5, 5.41) is 10.0. The van der Waals surface area contributed by atoms with Crippen molar-refractivity contribution >= 4 is 22.0 Å². The lowest BCUT2D eigenvalue weighted by atomic mass is 9.85. The first kappa shape index (κ1) is 28.4. The number of alkyl halides is 3. The van der Waals surface area contributed by atoms with Gasteiger partial charge in [-0.15, -0.1) is 0 Å². The highest BCUT2D eigenvalue weighted by molar-refractivity contribution is 7.88. The van der Waals surface area contributed by atoms with Crippen LogP contribution in [0.5, 0.6) is 0 Å². The molecule has 0 atom stereocenters. The summed E-state index contributed by atoms with van der Waals surface area (Å²) in [4.78, 5) is 27.9. The van der Waals surface area contributed by atoms with E-state index in [0.717, 1.165) is 17.1 Å². The molecule has 2 aliphatic rings. The van der Waals surface area contributed by atoms with Gasteiger partial charge in [-0.25, -0.2) is 23.0 Å². The SMILES string of the molecule is CC(C)NC(=O)N1CCC2(CC1)c1ncc(-c3ccccc3)n1CCN2S(C)(=O)=O.O=C(O)C(F)(F)F. The van der Waals surface area contributed by atoms with E-state index in [-0.39, 0.29) is 12.1 Å². The van der Waals surface area contributed by atoms with E-state index in [1.165, 1.54) is 6.26 Å². The molecule has 14 heteroatoms. The number of benzene rings is 1. The zero-order chi connectivity index (χ0) is 27.6. The number of sulfonamides is 1. The Morgan fingerprint density at radius 2 is 1.65 bits per heavy atom. The zero-order valence-corrected chi connectivity index (χ0v) is 21.5. The molecule has 1 spiro atoms. The number of carboxylic acids is 1. The standard InChI is InChI=1S/C21H29N5O3S.C2HF3O2/c1-16(2)23-20(27)24-11-9-21(10-12-24)19-22-15-18(17-7-5-4-6-8-17)25(19)13-14-26(21)30(3,28)29;3-2(4,5)1(6)7/h4-8,15-16H,9-14H2,1-3H3,(H,23,27);(H,6,7). The van der Waals surface area contributed by atoms with Crippen LogP contribution in [0.25, 0.3) is 11.3 Å². The van der Waals surface area contributed by atoms with Crippen LogP contribution >= 0.6 is 0 Å². The molecule has 10 nitrogen and oxygen atoms in total. The predicted molar refractivity (Wildman–Crippen MR) is 129 cm³/mol. The van der Waals surface area contributed by atoms with E-state index in [0.29, 0.717) is 39.0 Å². The van der Waals surface area contributed by atoms with Crippen molar-refractivity contribution in [3.8, 4) is 11.3 Å². The van der Waals surface area contributed by atoms with Gasteiger partial charge in [0.1, 0.15) is 5.82 Å². The quantitative estimate of drug-likeness (QED) is 0.611. The molecule has 1 aromatic heterocycles. The lowest BCUT2D eigenvalue weighted by Crippen LogP contribution is -2.60. The Kier molecular flexibility index (Phi) is 8.22. The van der Waals surface area contributed by atoms with Gasteiger partial charge in [-0.2, -0.15) is 17.5 Å². The fourth-order valence-corrected chi connectivity index (χ4v) is 6.02. The zero-order valence-electron chi connectivity index (χ0n) is 20.7. The number of amides is 2. The number of piperidine rings is 1. The maximum atomic E-state index is 12.7. The fourth-order valence-electron chi connectivity index (χ4n) is 4.70. The maximum absolute atomic E-state index is 12.7. The van der Waals surface area contributed by atoms with E-state index in [1.807, 2.05) is 50.4 Å². The maximum Gasteiger partial charge on any atom is 0.490 e. The third-order valence-corrected chi connectivity index (χ3v) is 7.61. The summed E-state index contributed by atoms with van der Waals surface area (Å²) in [6.07, 6.45) is -0.924. The van der Waals surface area contributed by atoms with Crippen LogP contribution in [-0.4, -0.2) is 82.4 Å². The number of carbonyl (C=O) groups is 2. The highest BCUT2D eigenvalue weighted by Gasteiger charge is 2.51. The van der Waals surface area contributed by atoms with Gasteiger partial charge < -0.3 is 19.9 Å². The number of hydrogen-bond donors (Lipinski definition) is 2. The number of aliphatic carboxylic acids is 1. The van der Waals surface area contributed by atoms with Crippen molar-refractivity contribution in [2.75, 3.05) is 25.9 Å². The number of urea groups is 1. The molecule has 0 unspecified atom stereocenters. The first-order chi connectivity index (χ1) is 17.2. The number of nitrogens with zero attached hydrogens (tertiary/aromatic N) is 4. The third kappa shape index (κ3) is 6.24. The number of fused-ring (bicyclic) bond motifs is 2. The Bertz CT molecular complexity index is 1220. The topological polar surface area (TPSA) is 125 Å². The molecule has 1 saturated heterocycles. The van der Waals surface area contributed by atoms with Crippen molar-refractivity contribution in [1.29, 1.82) is 0 Å². The summed E-state index contributed by atoms with van der Waals surface area (Å²) in [5.74, 6) is -1.98. The van der Waals surface area contributed by atoms with Gasteiger partial charge in [-0.05, 0) is 32.3 Å². The van der Waals surface area contributed by atoms with Gasteiger partial charge in [0.2, 0.25) is 10.0 Å². The smallest absolute Gasteiger partial charge is 0.475 e.